The molecule has 2 rings (SSSR count). The Morgan fingerprint density at radius 2 is 1.95 bits per heavy atom. The number of nitriles is 1. The van der Waals surface area contributed by atoms with Crippen molar-refractivity contribution in [2.75, 3.05) is 5.32 Å². The minimum atomic E-state index is -0.207. The second-order valence-electron chi connectivity index (χ2n) is 4.20. The molecule has 1 N–H and O–H groups in total. The molecule has 0 spiro atoms. The molecule has 0 aliphatic carbocycles. The zero-order chi connectivity index (χ0) is 13.7. The first-order valence-corrected chi connectivity index (χ1v) is 6.13. The Hall–Kier alpha value is -2.60. The summed E-state index contributed by atoms with van der Waals surface area (Å²) in [4.78, 5) is 12.0. The van der Waals surface area contributed by atoms with Crippen LogP contribution in [0.5, 0.6) is 0 Å². The van der Waals surface area contributed by atoms with Gasteiger partial charge in [0.2, 0.25) is 0 Å². The number of hydrogen-bond acceptors (Lipinski definition) is 2. The largest absolute Gasteiger partial charge is 0.322 e. The monoisotopic (exact) mass is 250 g/mol. The molecule has 3 heteroatoms. The first kappa shape index (κ1) is 12.8. The summed E-state index contributed by atoms with van der Waals surface area (Å²) in [7, 11) is 0. The van der Waals surface area contributed by atoms with Crippen molar-refractivity contribution < 1.29 is 4.79 Å². The van der Waals surface area contributed by atoms with Gasteiger partial charge in [0.25, 0.3) is 5.91 Å². The molecular formula is C16H14N2O. The van der Waals surface area contributed by atoms with E-state index >= 15 is 0 Å². The number of carbonyl (C=O) groups excluding carboxylic acids is 1. The summed E-state index contributed by atoms with van der Waals surface area (Å²) in [5.74, 6) is -0.207. The maximum absolute atomic E-state index is 12.0. The molecule has 3 nitrogen and oxygen atoms in total. The Balaban J connectivity index is 2.13. The van der Waals surface area contributed by atoms with E-state index in [9.17, 15) is 4.79 Å². The highest BCUT2D eigenvalue weighted by molar-refractivity contribution is 6.04. The molecule has 0 aliphatic rings. The van der Waals surface area contributed by atoms with Gasteiger partial charge in [-0.05, 0) is 42.3 Å². The predicted molar refractivity (Wildman–Crippen MR) is 74.9 cm³/mol. The zero-order valence-corrected chi connectivity index (χ0v) is 10.7. The van der Waals surface area contributed by atoms with Gasteiger partial charge >= 0.3 is 0 Å². The van der Waals surface area contributed by atoms with Crippen LogP contribution in [-0.2, 0) is 6.42 Å². The van der Waals surface area contributed by atoms with Crippen LogP contribution in [0.25, 0.3) is 0 Å². The Kier molecular flexibility index (Phi) is 3.94. The smallest absolute Gasteiger partial charge is 0.255 e. The second kappa shape index (κ2) is 5.83. The molecular weight excluding hydrogens is 236 g/mol. The number of aryl methyl sites for hydroxylation is 1. The molecule has 0 unspecified atom stereocenters. The van der Waals surface area contributed by atoms with Crippen LogP contribution in [0.3, 0.4) is 0 Å². The molecule has 2 aromatic rings. The third-order valence-electron chi connectivity index (χ3n) is 2.87. The first-order valence-electron chi connectivity index (χ1n) is 6.13. The molecule has 0 bridgehead atoms. The second-order valence-corrected chi connectivity index (χ2v) is 4.20. The fourth-order valence-corrected chi connectivity index (χ4v) is 1.76. The lowest BCUT2D eigenvalue weighted by Crippen LogP contribution is -2.11. The SMILES string of the molecule is CCc1ccc(NC(=O)c2cccc(C#N)c2)cc1. The van der Waals surface area contributed by atoms with Crippen molar-refractivity contribution in [1.29, 1.82) is 5.26 Å². The molecule has 19 heavy (non-hydrogen) atoms. The van der Waals surface area contributed by atoms with E-state index in [4.69, 9.17) is 5.26 Å². The molecule has 94 valence electrons. The Labute approximate surface area is 112 Å². The molecule has 1 amide bonds. The lowest BCUT2D eigenvalue weighted by molar-refractivity contribution is 0.102. The minimum Gasteiger partial charge on any atom is -0.322 e. The molecule has 0 heterocycles. The van der Waals surface area contributed by atoms with Crippen LogP contribution in [0.2, 0.25) is 0 Å². The van der Waals surface area contributed by atoms with Crippen LogP contribution < -0.4 is 5.32 Å². The van der Waals surface area contributed by atoms with Crippen LogP contribution in [0, 0.1) is 11.3 Å². The van der Waals surface area contributed by atoms with Crippen molar-refractivity contribution in [2.45, 2.75) is 13.3 Å². The Morgan fingerprint density at radius 1 is 1.21 bits per heavy atom. The topological polar surface area (TPSA) is 52.9 Å². The van der Waals surface area contributed by atoms with Crippen LogP contribution in [-0.4, -0.2) is 5.91 Å². The van der Waals surface area contributed by atoms with E-state index in [0.717, 1.165) is 12.1 Å². The summed E-state index contributed by atoms with van der Waals surface area (Å²) in [6.07, 6.45) is 0.971. The fourth-order valence-electron chi connectivity index (χ4n) is 1.76. The number of amides is 1. The highest BCUT2D eigenvalue weighted by Gasteiger charge is 2.06. The Morgan fingerprint density at radius 3 is 2.58 bits per heavy atom. The molecule has 0 radical (unpaired) electrons. The number of nitrogens with zero attached hydrogens (tertiary/aromatic N) is 1. The number of benzene rings is 2. The van der Waals surface area contributed by atoms with Crippen molar-refractivity contribution in [3.8, 4) is 6.07 Å². The summed E-state index contributed by atoms with van der Waals surface area (Å²) in [6.45, 7) is 2.08. The number of nitrogens with one attached hydrogen (secondary N) is 1. The average Bonchev–Trinajstić information content (AvgIpc) is 2.48. The number of rotatable bonds is 3. The summed E-state index contributed by atoms with van der Waals surface area (Å²) in [5.41, 5.74) is 2.95. The van der Waals surface area contributed by atoms with Crippen LogP contribution in [0.15, 0.2) is 48.5 Å². The van der Waals surface area contributed by atoms with E-state index in [2.05, 4.69) is 12.2 Å². The summed E-state index contributed by atoms with van der Waals surface area (Å²) in [6, 6.07) is 16.4. The third-order valence-corrected chi connectivity index (χ3v) is 2.87. The van der Waals surface area contributed by atoms with Gasteiger partial charge < -0.3 is 5.32 Å². The average molecular weight is 250 g/mol. The quantitative estimate of drug-likeness (QED) is 0.908. The van der Waals surface area contributed by atoms with Gasteiger partial charge in [-0.25, -0.2) is 0 Å². The normalized spacial score (nSPS) is 9.68. The van der Waals surface area contributed by atoms with Gasteiger partial charge in [0.15, 0.2) is 0 Å². The third kappa shape index (κ3) is 3.20. The zero-order valence-electron chi connectivity index (χ0n) is 10.7. The van der Waals surface area contributed by atoms with Gasteiger partial charge in [-0.15, -0.1) is 0 Å². The van der Waals surface area contributed by atoms with E-state index in [1.807, 2.05) is 30.3 Å². The van der Waals surface area contributed by atoms with Crippen LogP contribution >= 0.6 is 0 Å². The van der Waals surface area contributed by atoms with Gasteiger partial charge in [-0.2, -0.15) is 5.26 Å². The summed E-state index contributed by atoms with van der Waals surface area (Å²) in [5, 5.41) is 11.6. The van der Waals surface area contributed by atoms with Crippen molar-refractivity contribution >= 4 is 11.6 Å². The molecule has 2 aromatic carbocycles. The maximum Gasteiger partial charge on any atom is 0.255 e. The first-order chi connectivity index (χ1) is 9.22. The van der Waals surface area contributed by atoms with Crippen molar-refractivity contribution in [2.24, 2.45) is 0 Å². The number of anilines is 1. The maximum atomic E-state index is 12.0. The number of hydrogen-bond donors (Lipinski definition) is 1. The highest BCUT2D eigenvalue weighted by Crippen LogP contribution is 2.12. The van der Waals surface area contributed by atoms with Gasteiger partial charge in [0.05, 0.1) is 11.6 Å². The lowest BCUT2D eigenvalue weighted by atomic mass is 10.1. The summed E-state index contributed by atoms with van der Waals surface area (Å²) < 4.78 is 0. The van der Waals surface area contributed by atoms with E-state index in [1.54, 1.807) is 24.3 Å². The van der Waals surface area contributed by atoms with Gasteiger partial charge in [0.1, 0.15) is 0 Å². The molecule has 0 atom stereocenters. The van der Waals surface area contributed by atoms with E-state index < -0.39 is 0 Å². The summed E-state index contributed by atoms with van der Waals surface area (Å²) >= 11 is 0. The Bertz CT molecular complexity index is 624. The molecule has 0 saturated heterocycles. The van der Waals surface area contributed by atoms with Gasteiger partial charge in [-0.3, -0.25) is 4.79 Å². The van der Waals surface area contributed by atoms with Crippen molar-refractivity contribution in [3.05, 3.63) is 65.2 Å². The molecule has 0 fully saturated rings. The molecule has 0 aromatic heterocycles. The fraction of sp³-hybridized carbons (Fsp3) is 0.125. The van der Waals surface area contributed by atoms with Gasteiger partial charge in [-0.1, -0.05) is 25.1 Å². The van der Waals surface area contributed by atoms with Crippen molar-refractivity contribution in [3.63, 3.8) is 0 Å². The van der Waals surface area contributed by atoms with E-state index in [0.29, 0.717) is 11.1 Å². The predicted octanol–water partition coefficient (Wildman–Crippen LogP) is 3.37. The van der Waals surface area contributed by atoms with Crippen LogP contribution in [0.4, 0.5) is 5.69 Å². The minimum absolute atomic E-state index is 0.207. The van der Waals surface area contributed by atoms with Crippen LogP contribution in [0.1, 0.15) is 28.4 Å². The molecule has 0 saturated carbocycles. The highest BCUT2D eigenvalue weighted by atomic mass is 16.1. The van der Waals surface area contributed by atoms with Gasteiger partial charge in [0, 0.05) is 11.3 Å². The lowest BCUT2D eigenvalue weighted by Gasteiger charge is -2.06. The standard InChI is InChI=1S/C16H14N2O/c1-2-12-6-8-15(9-7-12)18-16(19)14-5-3-4-13(10-14)11-17/h3-10H,2H2,1H3,(H,18,19). The van der Waals surface area contributed by atoms with Crippen molar-refractivity contribution in [1.82, 2.24) is 0 Å². The number of carbonyl (C=O) groups is 1. The van der Waals surface area contributed by atoms with E-state index in [1.165, 1.54) is 5.56 Å². The molecule has 0 aliphatic heterocycles. The van der Waals surface area contributed by atoms with E-state index in [-0.39, 0.29) is 5.91 Å².